The van der Waals surface area contributed by atoms with Crippen LogP contribution in [-0.2, 0) is 25.2 Å². The Morgan fingerprint density at radius 3 is 2.20 bits per heavy atom. The molecule has 1 N–H and O–H groups in total. The Labute approximate surface area is 299 Å². The number of allylic oxidation sites excluding steroid dienone is 1. The summed E-state index contributed by atoms with van der Waals surface area (Å²) in [6, 6.07) is 12.3. The second-order valence-corrected chi connectivity index (χ2v) is 15.9. The molecule has 0 spiro atoms. The molecule has 1 aromatic heterocycles. The highest BCUT2D eigenvalue weighted by Crippen LogP contribution is 2.39. The van der Waals surface area contributed by atoms with Gasteiger partial charge in [0.25, 0.3) is 0 Å². The fourth-order valence-electron chi connectivity index (χ4n) is 8.26. The summed E-state index contributed by atoms with van der Waals surface area (Å²) >= 11 is 0. The summed E-state index contributed by atoms with van der Waals surface area (Å²) in [5, 5.41) is 19.5. The zero-order valence-electron chi connectivity index (χ0n) is 30.7. The van der Waals surface area contributed by atoms with Gasteiger partial charge in [0, 0.05) is 61.1 Å². The van der Waals surface area contributed by atoms with Crippen LogP contribution in [0.3, 0.4) is 0 Å². The van der Waals surface area contributed by atoms with E-state index in [9.17, 15) is 15.2 Å². The van der Waals surface area contributed by atoms with Gasteiger partial charge in [-0.3, -0.25) is 9.69 Å². The molecule has 7 rings (SSSR count). The summed E-state index contributed by atoms with van der Waals surface area (Å²) < 4.78 is 24.9. The Hall–Kier alpha value is -2.78. The molecule has 2 bridgehead atoms. The smallest absolute Gasteiger partial charge is 0.400 e. The standard InChI is InChI=1S/C27H33N3O3.C13H23BO3/c1-18-24(27(32)17-29-22-8-9-25(29)26(31)15-22)14-23(7-2-19-10-12-33-13-11-19)30(18)21-5-3-20(16-28)4-6-21;1-12(2)13(3,4)17-14(16-12)8-5-11-6-9-15-10-7-11/h3-6,14,19,22,25-26,31H,2,7-13,15,17H2,1H3;5,8,11H,6-7,9-10H2,1-4H3/b;8-5+/t22?,25?,26-;/m0./s1. The van der Waals surface area contributed by atoms with Crippen LogP contribution in [-0.4, -0.2) is 89.8 Å². The second kappa shape index (κ2) is 15.9. The molecule has 5 saturated heterocycles. The van der Waals surface area contributed by atoms with Crippen LogP contribution >= 0.6 is 0 Å². The van der Waals surface area contributed by atoms with E-state index >= 15 is 0 Å². The van der Waals surface area contributed by atoms with Crippen molar-refractivity contribution < 1.29 is 28.7 Å². The van der Waals surface area contributed by atoms with Crippen LogP contribution in [0.2, 0.25) is 0 Å². The van der Waals surface area contributed by atoms with Crippen LogP contribution < -0.4 is 0 Å². The third-order valence-electron chi connectivity index (χ3n) is 12.1. The number of Topliss-reactive ketones (excluding diaryl/α,β-unsaturated/α-hetero) is 1. The van der Waals surface area contributed by atoms with Gasteiger partial charge in [-0.15, -0.1) is 0 Å². The first-order valence-electron chi connectivity index (χ1n) is 18.8. The Morgan fingerprint density at radius 2 is 1.62 bits per heavy atom. The third kappa shape index (κ3) is 8.30. The highest BCUT2D eigenvalue weighted by Gasteiger charge is 2.50. The molecule has 5 aliphatic heterocycles. The first-order valence-corrected chi connectivity index (χ1v) is 18.8. The van der Waals surface area contributed by atoms with Crippen LogP contribution in [0.1, 0.15) is 106 Å². The lowest BCUT2D eigenvalue weighted by Gasteiger charge is -2.32. The molecule has 0 aliphatic carbocycles. The number of benzene rings is 1. The monoisotopic (exact) mass is 685 g/mol. The molecule has 9 nitrogen and oxygen atoms in total. The number of aryl methyl sites for hydroxylation is 1. The lowest BCUT2D eigenvalue weighted by molar-refractivity contribution is 0.00578. The molecule has 50 heavy (non-hydrogen) atoms. The van der Waals surface area contributed by atoms with Gasteiger partial charge in [-0.25, -0.2) is 0 Å². The van der Waals surface area contributed by atoms with E-state index in [1.165, 1.54) is 0 Å². The Bertz CT molecular complexity index is 1520. The molecular formula is C40H56BN3O6. The Balaban J connectivity index is 0.000000214. The van der Waals surface area contributed by atoms with Crippen molar-refractivity contribution in [2.24, 2.45) is 11.8 Å². The van der Waals surface area contributed by atoms with Crippen LogP contribution in [0.4, 0.5) is 0 Å². The summed E-state index contributed by atoms with van der Waals surface area (Å²) in [4.78, 5) is 15.7. The number of ether oxygens (including phenoxy) is 2. The highest BCUT2D eigenvalue weighted by atomic mass is 16.7. The summed E-state index contributed by atoms with van der Waals surface area (Å²) in [6.07, 6.45) is 11.2. The molecule has 270 valence electrons. The van der Waals surface area contributed by atoms with Crippen molar-refractivity contribution in [3.8, 4) is 11.8 Å². The van der Waals surface area contributed by atoms with E-state index < -0.39 is 0 Å². The Kier molecular flexibility index (Phi) is 11.7. The molecule has 3 atom stereocenters. The fourth-order valence-corrected chi connectivity index (χ4v) is 8.26. The minimum atomic E-state index is -0.295. The van der Waals surface area contributed by atoms with E-state index in [0.29, 0.717) is 30.0 Å². The maximum Gasteiger partial charge on any atom is 0.486 e. The average molecular weight is 686 g/mol. The minimum absolute atomic E-state index is 0.132. The molecule has 5 fully saturated rings. The number of hydrogen-bond acceptors (Lipinski definition) is 8. The van der Waals surface area contributed by atoms with Crippen molar-refractivity contribution in [1.29, 1.82) is 5.26 Å². The maximum absolute atomic E-state index is 13.5. The number of nitriles is 1. The molecule has 2 unspecified atom stereocenters. The van der Waals surface area contributed by atoms with Crippen LogP contribution in [0, 0.1) is 30.1 Å². The van der Waals surface area contributed by atoms with E-state index in [1.807, 2.05) is 31.2 Å². The molecular weight excluding hydrogens is 629 g/mol. The van der Waals surface area contributed by atoms with E-state index in [0.717, 1.165) is 107 Å². The van der Waals surface area contributed by atoms with Crippen LogP contribution in [0.15, 0.2) is 42.4 Å². The van der Waals surface area contributed by atoms with E-state index in [4.69, 9.17) is 18.8 Å². The van der Waals surface area contributed by atoms with Gasteiger partial charge in [0.05, 0.1) is 35.5 Å². The zero-order valence-corrected chi connectivity index (χ0v) is 30.7. The summed E-state index contributed by atoms with van der Waals surface area (Å²) in [7, 11) is -0.206. The van der Waals surface area contributed by atoms with Gasteiger partial charge in [-0.05, 0) is 135 Å². The number of ketones is 1. The second-order valence-electron chi connectivity index (χ2n) is 15.9. The van der Waals surface area contributed by atoms with Gasteiger partial charge in [0.2, 0.25) is 0 Å². The predicted molar refractivity (Wildman–Crippen MR) is 194 cm³/mol. The zero-order chi connectivity index (χ0) is 35.5. The maximum atomic E-state index is 13.5. The largest absolute Gasteiger partial charge is 0.486 e. The van der Waals surface area contributed by atoms with Gasteiger partial charge in [-0.1, -0.05) is 12.1 Å². The molecule has 0 amide bonds. The first-order chi connectivity index (χ1) is 24.0. The molecule has 5 aliphatic rings. The van der Waals surface area contributed by atoms with Gasteiger partial charge < -0.3 is 28.5 Å². The van der Waals surface area contributed by atoms with Crippen molar-refractivity contribution in [3.63, 3.8) is 0 Å². The van der Waals surface area contributed by atoms with Crippen molar-refractivity contribution in [3.05, 3.63) is 64.9 Å². The van der Waals surface area contributed by atoms with Crippen LogP contribution in [0.25, 0.3) is 5.69 Å². The van der Waals surface area contributed by atoms with Crippen molar-refractivity contribution in [1.82, 2.24) is 9.47 Å². The number of aromatic nitrogens is 1. The SMILES string of the molecule is CC1(C)OB(/C=C/C2CCOCC2)OC1(C)C.Cc1c(C(=O)CN2C3CCC2[C@@H](O)C3)cc(CCC2CCOCC2)n1-c1ccc(C#N)cc1. The van der Waals surface area contributed by atoms with E-state index in [2.05, 4.69) is 61.3 Å². The van der Waals surface area contributed by atoms with Gasteiger partial charge in [-0.2, -0.15) is 5.26 Å². The number of carbonyl (C=O) groups is 1. The molecule has 10 heteroatoms. The normalized spacial score (nSPS) is 26.7. The highest BCUT2D eigenvalue weighted by molar-refractivity contribution is 6.51. The quantitative estimate of drug-likeness (QED) is 0.239. The van der Waals surface area contributed by atoms with Crippen LogP contribution in [0.5, 0.6) is 0 Å². The number of rotatable bonds is 9. The lowest BCUT2D eigenvalue weighted by atomic mass is 9.86. The number of fused-ring (bicyclic) bond motifs is 2. The average Bonchev–Trinajstić information content (AvgIpc) is 3.80. The summed E-state index contributed by atoms with van der Waals surface area (Å²) in [5.41, 5.74) is 4.03. The van der Waals surface area contributed by atoms with Crippen molar-refractivity contribution in [2.75, 3.05) is 33.0 Å². The van der Waals surface area contributed by atoms with Crippen molar-refractivity contribution in [2.45, 2.75) is 122 Å². The number of nitrogens with zero attached hydrogens (tertiary/aromatic N) is 3. The Morgan fingerprint density at radius 1 is 0.980 bits per heavy atom. The summed E-state index contributed by atoms with van der Waals surface area (Å²) in [6.45, 7) is 14.1. The summed E-state index contributed by atoms with van der Waals surface area (Å²) in [5.74, 6) is 3.47. The van der Waals surface area contributed by atoms with Crippen molar-refractivity contribution >= 4 is 12.9 Å². The van der Waals surface area contributed by atoms with E-state index in [1.54, 1.807) is 0 Å². The van der Waals surface area contributed by atoms with Gasteiger partial charge in [0.15, 0.2) is 5.78 Å². The molecule has 6 heterocycles. The predicted octanol–water partition coefficient (Wildman–Crippen LogP) is 6.40. The molecule has 0 saturated carbocycles. The first kappa shape index (κ1) is 37.0. The molecule has 0 radical (unpaired) electrons. The van der Waals surface area contributed by atoms with Gasteiger partial charge >= 0.3 is 7.12 Å². The number of aliphatic hydroxyl groups is 1. The number of aliphatic hydroxyl groups excluding tert-OH is 1. The molecule has 1 aromatic carbocycles. The number of carbonyl (C=O) groups excluding carboxylic acids is 1. The topological polar surface area (TPSA) is 106 Å². The number of hydrogen-bond donors (Lipinski definition) is 1. The fraction of sp³-hybridized carbons (Fsp3) is 0.650. The van der Waals surface area contributed by atoms with Gasteiger partial charge in [0.1, 0.15) is 0 Å². The molecule has 2 aromatic rings. The minimum Gasteiger partial charge on any atom is -0.400 e. The third-order valence-corrected chi connectivity index (χ3v) is 12.1. The van der Waals surface area contributed by atoms with E-state index in [-0.39, 0.29) is 36.2 Å². The lowest BCUT2D eigenvalue weighted by Crippen LogP contribution is -2.41.